The van der Waals surface area contributed by atoms with Crippen LogP contribution in [0.2, 0.25) is 0 Å². The standard InChI is InChI=1S/C13H19N5O2S/c1-13(14,12(19)20-2)5-3-4-6-21-11-9-10(16-7-15-9)17-8-18-11/h7-8H,3-6,14H2,1-2H3,(H,15,16,17,18). The van der Waals surface area contributed by atoms with Crippen molar-refractivity contribution in [2.24, 2.45) is 5.73 Å². The van der Waals surface area contributed by atoms with Gasteiger partial charge in [-0.15, -0.1) is 11.8 Å². The molecule has 0 fully saturated rings. The number of hydrogen-bond donors (Lipinski definition) is 2. The van der Waals surface area contributed by atoms with Crippen molar-refractivity contribution in [1.82, 2.24) is 19.9 Å². The van der Waals surface area contributed by atoms with Crippen molar-refractivity contribution in [3.63, 3.8) is 0 Å². The molecule has 114 valence electrons. The second-order valence-corrected chi connectivity index (χ2v) is 6.08. The number of hydrogen-bond acceptors (Lipinski definition) is 7. The summed E-state index contributed by atoms with van der Waals surface area (Å²) in [4.78, 5) is 26.9. The molecule has 0 aromatic carbocycles. The van der Waals surface area contributed by atoms with Gasteiger partial charge in [-0.05, 0) is 25.5 Å². The van der Waals surface area contributed by atoms with Crippen LogP contribution in [0.1, 0.15) is 26.2 Å². The first-order chi connectivity index (χ1) is 10.0. The number of imidazole rings is 1. The number of rotatable bonds is 7. The maximum atomic E-state index is 11.5. The van der Waals surface area contributed by atoms with Crippen LogP contribution in [0.5, 0.6) is 0 Å². The van der Waals surface area contributed by atoms with Crippen molar-refractivity contribution in [3.05, 3.63) is 12.7 Å². The van der Waals surface area contributed by atoms with E-state index in [0.29, 0.717) is 12.1 Å². The number of thioether (sulfide) groups is 1. The largest absolute Gasteiger partial charge is 0.468 e. The number of carbonyl (C=O) groups excluding carboxylic acids is 1. The molecule has 0 amide bonds. The maximum Gasteiger partial charge on any atom is 0.325 e. The van der Waals surface area contributed by atoms with Gasteiger partial charge < -0.3 is 15.5 Å². The molecular weight excluding hydrogens is 290 g/mol. The van der Waals surface area contributed by atoms with Gasteiger partial charge in [0, 0.05) is 0 Å². The van der Waals surface area contributed by atoms with Gasteiger partial charge in [0.2, 0.25) is 0 Å². The van der Waals surface area contributed by atoms with E-state index in [1.54, 1.807) is 25.0 Å². The lowest BCUT2D eigenvalue weighted by Crippen LogP contribution is -2.45. The summed E-state index contributed by atoms with van der Waals surface area (Å²) in [6.45, 7) is 1.70. The van der Waals surface area contributed by atoms with E-state index in [-0.39, 0.29) is 5.97 Å². The highest BCUT2D eigenvalue weighted by Crippen LogP contribution is 2.23. The number of H-pyrrole nitrogens is 1. The van der Waals surface area contributed by atoms with Crippen LogP contribution in [-0.2, 0) is 9.53 Å². The summed E-state index contributed by atoms with van der Waals surface area (Å²) in [5.41, 5.74) is 6.53. The normalized spacial score (nSPS) is 14.0. The highest BCUT2D eigenvalue weighted by molar-refractivity contribution is 7.99. The first-order valence-electron chi connectivity index (χ1n) is 6.69. The molecule has 1 atom stereocenters. The number of nitrogens with one attached hydrogen (secondary N) is 1. The zero-order chi connectivity index (χ0) is 15.3. The van der Waals surface area contributed by atoms with Gasteiger partial charge in [0.15, 0.2) is 5.65 Å². The number of methoxy groups -OCH3 is 1. The fourth-order valence-electron chi connectivity index (χ4n) is 1.95. The maximum absolute atomic E-state index is 11.5. The van der Waals surface area contributed by atoms with Crippen molar-refractivity contribution in [2.75, 3.05) is 12.9 Å². The van der Waals surface area contributed by atoms with E-state index in [2.05, 4.69) is 24.7 Å². The number of carbonyl (C=O) groups is 1. The third-order valence-electron chi connectivity index (χ3n) is 3.17. The lowest BCUT2D eigenvalue weighted by Gasteiger charge is -2.20. The average molecular weight is 309 g/mol. The summed E-state index contributed by atoms with van der Waals surface area (Å²) in [6.07, 6.45) is 5.52. The van der Waals surface area contributed by atoms with Crippen LogP contribution in [0.15, 0.2) is 17.7 Å². The number of aromatic nitrogens is 4. The van der Waals surface area contributed by atoms with Crippen molar-refractivity contribution in [2.45, 2.75) is 36.8 Å². The highest BCUT2D eigenvalue weighted by atomic mass is 32.2. The van der Waals surface area contributed by atoms with Gasteiger partial charge in [-0.1, -0.05) is 6.42 Å². The quantitative estimate of drug-likeness (QED) is 0.345. The van der Waals surface area contributed by atoms with Crippen molar-refractivity contribution in [3.8, 4) is 0 Å². The molecule has 0 bridgehead atoms. The molecule has 0 saturated heterocycles. The Labute approximate surface area is 127 Å². The molecule has 0 radical (unpaired) electrons. The van der Waals surface area contributed by atoms with E-state index in [1.807, 2.05) is 0 Å². The Balaban J connectivity index is 1.78. The Morgan fingerprint density at radius 3 is 3.00 bits per heavy atom. The minimum Gasteiger partial charge on any atom is -0.468 e. The summed E-state index contributed by atoms with van der Waals surface area (Å²) in [6, 6.07) is 0. The Morgan fingerprint density at radius 1 is 1.43 bits per heavy atom. The number of nitrogens with zero attached hydrogens (tertiary/aromatic N) is 3. The van der Waals surface area contributed by atoms with Gasteiger partial charge in [0.1, 0.15) is 22.4 Å². The Bertz CT molecular complexity index is 613. The van der Waals surface area contributed by atoms with Gasteiger partial charge in [0.25, 0.3) is 0 Å². The molecule has 0 saturated carbocycles. The van der Waals surface area contributed by atoms with Crippen LogP contribution in [0.3, 0.4) is 0 Å². The molecule has 3 N–H and O–H groups in total. The molecule has 0 spiro atoms. The van der Waals surface area contributed by atoms with E-state index in [0.717, 1.165) is 29.1 Å². The van der Waals surface area contributed by atoms with Crippen LogP contribution in [-0.4, -0.2) is 44.3 Å². The predicted octanol–water partition coefficient (Wildman–Crippen LogP) is 1.51. The van der Waals surface area contributed by atoms with E-state index < -0.39 is 5.54 Å². The van der Waals surface area contributed by atoms with E-state index in [1.165, 1.54) is 13.4 Å². The zero-order valence-corrected chi connectivity index (χ0v) is 12.9. The topological polar surface area (TPSA) is 107 Å². The molecule has 0 aliphatic heterocycles. The molecule has 2 rings (SSSR count). The molecular formula is C13H19N5O2S. The molecule has 21 heavy (non-hydrogen) atoms. The Morgan fingerprint density at radius 2 is 2.24 bits per heavy atom. The van der Waals surface area contributed by atoms with Crippen LogP contribution in [0.25, 0.3) is 11.2 Å². The second-order valence-electron chi connectivity index (χ2n) is 4.99. The Kier molecular flexibility index (Phi) is 5.13. The van der Waals surface area contributed by atoms with E-state index in [4.69, 9.17) is 5.73 Å². The second kappa shape index (κ2) is 6.86. The summed E-state index contributed by atoms with van der Waals surface area (Å²) < 4.78 is 4.68. The van der Waals surface area contributed by atoms with Gasteiger partial charge in [-0.25, -0.2) is 15.0 Å². The Hall–Kier alpha value is -1.67. The number of unbranched alkanes of at least 4 members (excludes halogenated alkanes) is 1. The summed E-state index contributed by atoms with van der Waals surface area (Å²) >= 11 is 1.64. The third kappa shape index (κ3) is 3.92. The molecule has 7 nitrogen and oxygen atoms in total. The minimum absolute atomic E-state index is 0.370. The molecule has 0 aliphatic carbocycles. The highest BCUT2D eigenvalue weighted by Gasteiger charge is 2.28. The number of aromatic amines is 1. The lowest BCUT2D eigenvalue weighted by atomic mass is 9.97. The lowest BCUT2D eigenvalue weighted by molar-refractivity contribution is -0.146. The molecule has 2 aromatic rings. The first kappa shape index (κ1) is 15.7. The fourth-order valence-corrected chi connectivity index (χ4v) is 2.91. The van der Waals surface area contributed by atoms with Gasteiger partial charge in [-0.3, -0.25) is 4.79 Å². The fraction of sp³-hybridized carbons (Fsp3) is 0.538. The number of ether oxygens (including phenoxy) is 1. The third-order valence-corrected chi connectivity index (χ3v) is 4.24. The zero-order valence-electron chi connectivity index (χ0n) is 12.1. The monoisotopic (exact) mass is 309 g/mol. The SMILES string of the molecule is COC(=O)C(C)(N)CCCCSc1ncnc2nc[nH]c12. The van der Waals surface area contributed by atoms with Crippen molar-refractivity contribution < 1.29 is 9.53 Å². The van der Waals surface area contributed by atoms with Crippen molar-refractivity contribution in [1.29, 1.82) is 0 Å². The number of nitrogens with two attached hydrogens (primary N) is 1. The van der Waals surface area contributed by atoms with Crippen LogP contribution in [0.4, 0.5) is 0 Å². The van der Waals surface area contributed by atoms with E-state index >= 15 is 0 Å². The molecule has 0 aliphatic rings. The van der Waals surface area contributed by atoms with Gasteiger partial charge >= 0.3 is 5.97 Å². The molecule has 2 aromatic heterocycles. The van der Waals surface area contributed by atoms with Gasteiger partial charge in [-0.2, -0.15) is 0 Å². The van der Waals surface area contributed by atoms with Gasteiger partial charge in [0.05, 0.1) is 13.4 Å². The minimum atomic E-state index is -0.912. The molecule has 8 heteroatoms. The first-order valence-corrected chi connectivity index (χ1v) is 7.67. The summed E-state index contributed by atoms with van der Waals surface area (Å²) in [5, 5.41) is 0.890. The average Bonchev–Trinajstić information content (AvgIpc) is 2.95. The van der Waals surface area contributed by atoms with Crippen LogP contribution < -0.4 is 5.73 Å². The predicted molar refractivity (Wildman–Crippen MR) is 80.9 cm³/mol. The molecule has 1 unspecified atom stereocenters. The molecule has 2 heterocycles. The summed E-state index contributed by atoms with van der Waals surface area (Å²) in [7, 11) is 1.36. The van der Waals surface area contributed by atoms with E-state index in [9.17, 15) is 4.79 Å². The van der Waals surface area contributed by atoms with Crippen molar-refractivity contribution >= 4 is 28.9 Å². The summed E-state index contributed by atoms with van der Waals surface area (Å²) in [5.74, 6) is 0.521. The van der Waals surface area contributed by atoms with Crippen LogP contribution in [0, 0.1) is 0 Å². The van der Waals surface area contributed by atoms with Crippen LogP contribution >= 0.6 is 11.8 Å². The number of fused-ring (bicyclic) bond motifs is 1. The number of esters is 1. The smallest absolute Gasteiger partial charge is 0.325 e.